The Bertz CT molecular complexity index is 644. The maximum atomic E-state index is 12.7. The van der Waals surface area contributed by atoms with E-state index in [4.69, 9.17) is 9.84 Å². The third kappa shape index (κ3) is 3.28. The number of nitrogens with one attached hydrogen (secondary N) is 1. The molecule has 8 heteroatoms. The van der Waals surface area contributed by atoms with E-state index in [2.05, 4.69) is 4.98 Å². The van der Waals surface area contributed by atoms with Crippen molar-refractivity contribution in [1.29, 1.82) is 0 Å². The monoisotopic (exact) mass is 316 g/mol. The second-order valence-corrected chi connectivity index (χ2v) is 8.39. The number of sulfonamides is 1. The number of morpholine rings is 1. The standard InChI is InChI=1S/C13H20N2O5S/c1-12(2)7-15(8-13(3,4)20-12)21(18,19)9-5-10(11(16)17)14-6-9/h5-6,14H,7-8H2,1-4H3,(H,16,17). The van der Waals surface area contributed by atoms with Crippen LogP contribution in [0.25, 0.3) is 0 Å². The number of aromatic nitrogens is 1. The molecular weight excluding hydrogens is 296 g/mol. The zero-order valence-electron chi connectivity index (χ0n) is 12.5. The summed E-state index contributed by atoms with van der Waals surface area (Å²) in [6.07, 6.45) is 1.20. The summed E-state index contributed by atoms with van der Waals surface area (Å²) >= 11 is 0. The van der Waals surface area contributed by atoms with E-state index in [1.54, 1.807) is 0 Å². The normalized spacial score (nSPS) is 22.1. The maximum Gasteiger partial charge on any atom is 0.352 e. The van der Waals surface area contributed by atoms with Crippen molar-refractivity contribution in [2.24, 2.45) is 0 Å². The minimum absolute atomic E-state index is 0.0478. The molecule has 118 valence electrons. The number of H-pyrrole nitrogens is 1. The summed E-state index contributed by atoms with van der Waals surface area (Å²) < 4.78 is 32.5. The summed E-state index contributed by atoms with van der Waals surface area (Å²) in [4.78, 5) is 13.3. The lowest BCUT2D eigenvalue weighted by Gasteiger charge is -2.46. The molecule has 0 radical (unpaired) electrons. The van der Waals surface area contributed by atoms with Gasteiger partial charge in [-0.15, -0.1) is 0 Å². The van der Waals surface area contributed by atoms with Crippen LogP contribution in [0.5, 0.6) is 0 Å². The SMILES string of the molecule is CC1(C)CN(S(=O)(=O)c2c[nH]c(C(=O)O)c2)CC(C)(C)O1. The molecule has 1 aromatic rings. The van der Waals surface area contributed by atoms with Gasteiger partial charge < -0.3 is 14.8 Å². The van der Waals surface area contributed by atoms with E-state index >= 15 is 0 Å². The molecule has 0 saturated carbocycles. The van der Waals surface area contributed by atoms with E-state index in [0.29, 0.717) is 0 Å². The summed E-state index contributed by atoms with van der Waals surface area (Å²) in [5.41, 5.74) is -1.37. The van der Waals surface area contributed by atoms with Gasteiger partial charge in [0.05, 0.1) is 11.2 Å². The molecule has 1 aromatic heterocycles. The summed E-state index contributed by atoms with van der Waals surface area (Å²) in [6, 6.07) is 1.13. The average Bonchev–Trinajstić information content (AvgIpc) is 2.74. The summed E-state index contributed by atoms with van der Waals surface area (Å²) in [6.45, 7) is 7.75. The van der Waals surface area contributed by atoms with E-state index in [-0.39, 0.29) is 23.7 Å². The number of aromatic carboxylic acids is 1. The Morgan fingerprint density at radius 1 is 1.29 bits per heavy atom. The highest BCUT2D eigenvalue weighted by Crippen LogP contribution is 2.31. The van der Waals surface area contributed by atoms with Crippen molar-refractivity contribution in [3.63, 3.8) is 0 Å². The van der Waals surface area contributed by atoms with Crippen LogP contribution < -0.4 is 0 Å². The fourth-order valence-corrected chi connectivity index (χ4v) is 4.42. The minimum atomic E-state index is -3.76. The van der Waals surface area contributed by atoms with Crippen LogP contribution in [0.15, 0.2) is 17.2 Å². The first-order chi connectivity index (χ1) is 9.43. The van der Waals surface area contributed by atoms with Crippen molar-refractivity contribution < 1.29 is 23.1 Å². The van der Waals surface area contributed by atoms with Crippen LogP contribution in [0.2, 0.25) is 0 Å². The van der Waals surface area contributed by atoms with Gasteiger partial charge >= 0.3 is 5.97 Å². The lowest BCUT2D eigenvalue weighted by molar-refractivity contribution is -0.163. The molecule has 1 saturated heterocycles. The summed E-state index contributed by atoms with van der Waals surface area (Å²) in [7, 11) is -3.76. The van der Waals surface area contributed by atoms with Gasteiger partial charge in [-0.1, -0.05) is 0 Å². The number of rotatable bonds is 3. The molecule has 21 heavy (non-hydrogen) atoms. The Labute approximate surface area is 124 Å². The first kappa shape index (κ1) is 16.0. The Morgan fingerprint density at radius 3 is 2.24 bits per heavy atom. The number of ether oxygens (including phenoxy) is 1. The van der Waals surface area contributed by atoms with Crippen molar-refractivity contribution in [3.05, 3.63) is 18.0 Å². The lowest BCUT2D eigenvalue weighted by Crippen LogP contribution is -2.58. The van der Waals surface area contributed by atoms with Gasteiger partial charge in [0.2, 0.25) is 10.0 Å². The van der Waals surface area contributed by atoms with Gasteiger partial charge in [-0.25, -0.2) is 13.2 Å². The second-order valence-electron chi connectivity index (χ2n) is 6.45. The van der Waals surface area contributed by atoms with Crippen molar-refractivity contribution >= 4 is 16.0 Å². The molecule has 0 bridgehead atoms. The number of aromatic amines is 1. The predicted octanol–water partition coefficient (Wildman–Crippen LogP) is 1.29. The number of carbonyl (C=O) groups is 1. The fraction of sp³-hybridized carbons (Fsp3) is 0.615. The molecular formula is C13H20N2O5S. The van der Waals surface area contributed by atoms with E-state index in [0.717, 1.165) is 6.07 Å². The predicted molar refractivity (Wildman–Crippen MR) is 75.8 cm³/mol. The third-order valence-electron chi connectivity index (χ3n) is 3.19. The quantitative estimate of drug-likeness (QED) is 0.875. The number of carboxylic acid groups (broad SMARTS) is 1. The Morgan fingerprint density at radius 2 is 1.81 bits per heavy atom. The first-order valence-electron chi connectivity index (χ1n) is 6.55. The highest BCUT2D eigenvalue weighted by atomic mass is 32.2. The lowest BCUT2D eigenvalue weighted by atomic mass is 10.0. The Balaban J connectivity index is 2.36. The van der Waals surface area contributed by atoms with Gasteiger partial charge in [0.15, 0.2) is 0 Å². The van der Waals surface area contributed by atoms with Crippen molar-refractivity contribution in [2.75, 3.05) is 13.1 Å². The molecule has 0 spiro atoms. The molecule has 1 aliphatic rings. The molecule has 0 atom stereocenters. The molecule has 1 aliphatic heterocycles. The van der Waals surface area contributed by atoms with Crippen LogP contribution in [-0.4, -0.2) is 53.1 Å². The summed E-state index contributed by atoms with van der Waals surface area (Å²) in [5.74, 6) is -1.20. The van der Waals surface area contributed by atoms with Gasteiger partial charge in [0.25, 0.3) is 0 Å². The van der Waals surface area contributed by atoms with E-state index < -0.39 is 27.2 Å². The smallest absolute Gasteiger partial charge is 0.352 e. The molecule has 0 amide bonds. The number of hydrogen-bond acceptors (Lipinski definition) is 4. The van der Waals surface area contributed by atoms with Crippen LogP contribution in [0, 0.1) is 0 Å². The molecule has 0 aliphatic carbocycles. The first-order valence-corrected chi connectivity index (χ1v) is 7.99. The molecule has 0 unspecified atom stereocenters. The third-order valence-corrected chi connectivity index (χ3v) is 4.96. The van der Waals surface area contributed by atoms with Crippen LogP contribution in [0.1, 0.15) is 38.2 Å². The zero-order chi connectivity index (χ0) is 16.1. The van der Waals surface area contributed by atoms with Crippen molar-refractivity contribution in [2.45, 2.75) is 43.8 Å². The molecule has 2 rings (SSSR count). The zero-order valence-corrected chi connectivity index (χ0v) is 13.3. The number of hydrogen-bond donors (Lipinski definition) is 2. The maximum absolute atomic E-state index is 12.7. The fourth-order valence-electron chi connectivity index (χ4n) is 2.68. The number of nitrogens with zero attached hydrogens (tertiary/aromatic N) is 1. The van der Waals surface area contributed by atoms with E-state index in [1.165, 1.54) is 10.5 Å². The largest absolute Gasteiger partial charge is 0.477 e. The van der Waals surface area contributed by atoms with Crippen LogP contribution >= 0.6 is 0 Å². The number of carboxylic acids is 1. The molecule has 1 fully saturated rings. The van der Waals surface area contributed by atoms with Gasteiger partial charge in [0, 0.05) is 19.3 Å². The highest BCUT2D eigenvalue weighted by Gasteiger charge is 2.43. The minimum Gasteiger partial charge on any atom is -0.477 e. The average molecular weight is 316 g/mol. The Kier molecular flexibility index (Phi) is 3.67. The molecule has 2 heterocycles. The summed E-state index contributed by atoms with van der Waals surface area (Å²) in [5, 5.41) is 8.88. The van der Waals surface area contributed by atoms with Crippen LogP contribution in [0.4, 0.5) is 0 Å². The second kappa shape index (κ2) is 4.82. The topological polar surface area (TPSA) is 99.7 Å². The van der Waals surface area contributed by atoms with E-state index in [9.17, 15) is 13.2 Å². The van der Waals surface area contributed by atoms with E-state index in [1.807, 2.05) is 27.7 Å². The van der Waals surface area contributed by atoms with Crippen molar-refractivity contribution in [1.82, 2.24) is 9.29 Å². The highest BCUT2D eigenvalue weighted by molar-refractivity contribution is 7.89. The van der Waals surface area contributed by atoms with Gasteiger partial charge in [-0.05, 0) is 33.8 Å². The molecule has 2 N–H and O–H groups in total. The van der Waals surface area contributed by atoms with Gasteiger partial charge in [-0.2, -0.15) is 4.31 Å². The van der Waals surface area contributed by atoms with Crippen LogP contribution in [0.3, 0.4) is 0 Å². The molecule has 7 nitrogen and oxygen atoms in total. The molecule has 0 aromatic carbocycles. The Hall–Kier alpha value is -1.38. The van der Waals surface area contributed by atoms with Gasteiger partial charge in [0.1, 0.15) is 10.6 Å². The van der Waals surface area contributed by atoms with Gasteiger partial charge in [-0.3, -0.25) is 0 Å². The van der Waals surface area contributed by atoms with Crippen molar-refractivity contribution in [3.8, 4) is 0 Å². The van der Waals surface area contributed by atoms with Crippen LogP contribution in [-0.2, 0) is 14.8 Å².